The fourth-order valence-corrected chi connectivity index (χ4v) is 3.69. The van der Waals surface area contributed by atoms with Gasteiger partial charge in [-0.15, -0.1) is 0 Å². The van der Waals surface area contributed by atoms with E-state index in [-0.39, 0.29) is 24.0 Å². The minimum absolute atomic E-state index is 0.110. The van der Waals surface area contributed by atoms with E-state index in [0.717, 1.165) is 5.69 Å². The summed E-state index contributed by atoms with van der Waals surface area (Å²) in [6, 6.07) is 21.7. The first-order chi connectivity index (χ1) is 14.5. The molecular formula is C24H22FN3O2. The van der Waals surface area contributed by atoms with Crippen LogP contribution in [0.3, 0.4) is 0 Å². The summed E-state index contributed by atoms with van der Waals surface area (Å²) in [7, 11) is 3.86. The number of hydrogen-bond acceptors (Lipinski definition) is 3. The maximum absolute atomic E-state index is 14.4. The molecule has 6 heteroatoms. The number of hydrogen-bond donors (Lipinski definition) is 0. The van der Waals surface area contributed by atoms with Crippen LogP contribution < -0.4 is 14.7 Å². The van der Waals surface area contributed by atoms with E-state index in [0.29, 0.717) is 11.3 Å². The number of nitrogens with zero attached hydrogens (tertiary/aromatic N) is 3. The van der Waals surface area contributed by atoms with Gasteiger partial charge in [-0.25, -0.2) is 4.39 Å². The lowest BCUT2D eigenvalue weighted by atomic mass is 9.99. The molecule has 1 aliphatic heterocycles. The minimum Gasteiger partial charge on any atom is -0.378 e. The van der Waals surface area contributed by atoms with E-state index in [1.807, 2.05) is 61.5 Å². The summed E-state index contributed by atoms with van der Waals surface area (Å²) in [4.78, 5) is 31.5. The molecule has 1 aliphatic rings. The highest BCUT2D eigenvalue weighted by molar-refractivity contribution is 6.14. The van der Waals surface area contributed by atoms with Crippen LogP contribution >= 0.6 is 0 Å². The van der Waals surface area contributed by atoms with E-state index in [1.165, 1.54) is 21.9 Å². The van der Waals surface area contributed by atoms with E-state index in [1.54, 1.807) is 24.3 Å². The molecule has 0 radical (unpaired) electrons. The molecule has 0 saturated carbocycles. The number of rotatable bonds is 4. The van der Waals surface area contributed by atoms with E-state index in [9.17, 15) is 14.0 Å². The molecule has 3 aromatic rings. The van der Waals surface area contributed by atoms with Crippen molar-refractivity contribution in [1.82, 2.24) is 0 Å². The van der Waals surface area contributed by atoms with Gasteiger partial charge in [0.2, 0.25) is 5.91 Å². The molecule has 1 heterocycles. The SMILES string of the molecule is CN(C)c1ccc(C2C(=O)N(c3ccccc3F)CC(=O)N2c2ccccc2)cc1. The first-order valence-corrected chi connectivity index (χ1v) is 9.67. The minimum atomic E-state index is -0.885. The molecule has 0 bridgehead atoms. The largest absolute Gasteiger partial charge is 0.378 e. The third kappa shape index (κ3) is 3.52. The molecular weight excluding hydrogens is 381 g/mol. The summed E-state index contributed by atoms with van der Waals surface area (Å²) in [6.45, 7) is -0.221. The average molecular weight is 403 g/mol. The highest BCUT2D eigenvalue weighted by atomic mass is 19.1. The Labute approximate surface area is 174 Å². The van der Waals surface area contributed by atoms with Crippen molar-refractivity contribution in [2.45, 2.75) is 6.04 Å². The van der Waals surface area contributed by atoms with Gasteiger partial charge < -0.3 is 4.90 Å². The Morgan fingerprint density at radius 1 is 0.867 bits per heavy atom. The smallest absolute Gasteiger partial charge is 0.255 e. The number of anilines is 3. The molecule has 1 unspecified atom stereocenters. The Morgan fingerprint density at radius 2 is 1.50 bits per heavy atom. The van der Waals surface area contributed by atoms with Gasteiger partial charge in [0.25, 0.3) is 5.91 Å². The van der Waals surface area contributed by atoms with Crippen LogP contribution in [-0.4, -0.2) is 32.5 Å². The topological polar surface area (TPSA) is 43.9 Å². The number of amides is 2. The van der Waals surface area contributed by atoms with Crippen LogP contribution in [0.4, 0.5) is 21.5 Å². The predicted molar refractivity (Wildman–Crippen MR) is 116 cm³/mol. The van der Waals surface area contributed by atoms with Crippen LogP contribution in [0, 0.1) is 5.82 Å². The van der Waals surface area contributed by atoms with E-state index in [4.69, 9.17) is 0 Å². The van der Waals surface area contributed by atoms with Crippen LogP contribution in [-0.2, 0) is 9.59 Å². The van der Waals surface area contributed by atoms with Crippen molar-refractivity contribution in [3.8, 4) is 0 Å². The second-order valence-corrected chi connectivity index (χ2v) is 7.36. The van der Waals surface area contributed by atoms with Crippen LogP contribution in [0.1, 0.15) is 11.6 Å². The number of benzene rings is 3. The van der Waals surface area contributed by atoms with Gasteiger partial charge in [0.15, 0.2) is 0 Å². The van der Waals surface area contributed by atoms with Gasteiger partial charge in [-0.05, 0) is 42.0 Å². The van der Waals surface area contributed by atoms with E-state index < -0.39 is 11.9 Å². The molecule has 3 aromatic carbocycles. The third-order valence-electron chi connectivity index (χ3n) is 5.22. The highest BCUT2D eigenvalue weighted by Crippen LogP contribution is 2.35. The standard InChI is InChI=1S/C24H22FN3O2/c1-26(2)18-14-12-17(13-15-18)23-24(30)27(21-11-7-6-10-20(21)25)16-22(29)28(23)19-8-4-3-5-9-19/h3-15,23H,16H2,1-2H3. The second kappa shape index (κ2) is 7.99. The van der Waals surface area contributed by atoms with Gasteiger partial charge in [0, 0.05) is 25.5 Å². The molecule has 0 aromatic heterocycles. The van der Waals surface area contributed by atoms with Gasteiger partial charge in [-0.3, -0.25) is 19.4 Å². The van der Waals surface area contributed by atoms with Gasteiger partial charge >= 0.3 is 0 Å². The van der Waals surface area contributed by atoms with Crippen molar-refractivity contribution in [3.05, 3.63) is 90.2 Å². The maximum Gasteiger partial charge on any atom is 0.255 e. The monoisotopic (exact) mass is 403 g/mol. The lowest BCUT2D eigenvalue weighted by Gasteiger charge is -2.40. The summed E-state index contributed by atoms with van der Waals surface area (Å²) in [6.07, 6.45) is 0. The molecule has 0 N–H and O–H groups in total. The van der Waals surface area contributed by atoms with Crippen molar-refractivity contribution < 1.29 is 14.0 Å². The molecule has 1 saturated heterocycles. The quantitative estimate of drug-likeness (QED) is 0.661. The summed E-state index contributed by atoms with van der Waals surface area (Å²) >= 11 is 0. The normalized spacial score (nSPS) is 16.7. The fourth-order valence-electron chi connectivity index (χ4n) is 3.69. The molecule has 0 spiro atoms. The van der Waals surface area contributed by atoms with Crippen LogP contribution in [0.2, 0.25) is 0 Å². The summed E-state index contributed by atoms with van der Waals surface area (Å²) in [5.41, 5.74) is 2.39. The molecule has 2 amide bonds. The zero-order valence-electron chi connectivity index (χ0n) is 16.8. The van der Waals surface area contributed by atoms with Crippen LogP contribution in [0.5, 0.6) is 0 Å². The number of para-hydroxylation sites is 2. The molecule has 30 heavy (non-hydrogen) atoms. The average Bonchev–Trinajstić information content (AvgIpc) is 2.76. The maximum atomic E-state index is 14.4. The molecule has 4 rings (SSSR count). The van der Waals surface area contributed by atoms with Gasteiger partial charge in [0.05, 0.1) is 5.69 Å². The molecule has 0 aliphatic carbocycles. The molecule has 152 valence electrons. The lowest BCUT2D eigenvalue weighted by Crippen LogP contribution is -2.56. The first kappa shape index (κ1) is 19.6. The van der Waals surface area contributed by atoms with Crippen molar-refractivity contribution in [2.75, 3.05) is 35.3 Å². The Bertz CT molecular complexity index is 1070. The van der Waals surface area contributed by atoms with E-state index in [2.05, 4.69) is 0 Å². The Balaban J connectivity index is 1.81. The van der Waals surface area contributed by atoms with Crippen LogP contribution in [0.25, 0.3) is 0 Å². The third-order valence-corrected chi connectivity index (χ3v) is 5.22. The molecule has 1 fully saturated rings. The summed E-state index contributed by atoms with van der Waals surface area (Å²) in [5, 5.41) is 0. The van der Waals surface area contributed by atoms with Crippen molar-refractivity contribution >= 4 is 28.9 Å². The number of carbonyl (C=O) groups is 2. The number of piperazine rings is 1. The predicted octanol–water partition coefficient (Wildman–Crippen LogP) is 4.01. The van der Waals surface area contributed by atoms with E-state index >= 15 is 0 Å². The summed E-state index contributed by atoms with van der Waals surface area (Å²) in [5.74, 6) is -1.15. The Hall–Kier alpha value is -3.67. The van der Waals surface area contributed by atoms with Crippen molar-refractivity contribution in [3.63, 3.8) is 0 Å². The fraction of sp³-hybridized carbons (Fsp3) is 0.167. The Kier molecular flexibility index (Phi) is 5.23. The lowest BCUT2D eigenvalue weighted by molar-refractivity contribution is -0.128. The van der Waals surface area contributed by atoms with Gasteiger partial charge in [-0.2, -0.15) is 0 Å². The van der Waals surface area contributed by atoms with Gasteiger partial charge in [-0.1, -0.05) is 42.5 Å². The number of carbonyl (C=O) groups excluding carboxylic acids is 2. The second-order valence-electron chi connectivity index (χ2n) is 7.36. The molecule has 1 atom stereocenters. The zero-order chi connectivity index (χ0) is 21.3. The first-order valence-electron chi connectivity index (χ1n) is 9.67. The van der Waals surface area contributed by atoms with Crippen molar-refractivity contribution in [1.29, 1.82) is 0 Å². The zero-order valence-corrected chi connectivity index (χ0v) is 16.8. The summed E-state index contributed by atoms with van der Waals surface area (Å²) < 4.78 is 14.4. The van der Waals surface area contributed by atoms with Crippen LogP contribution in [0.15, 0.2) is 78.9 Å². The highest BCUT2D eigenvalue weighted by Gasteiger charge is 2.42. The van der Waals surface area contributed by atoms with Gasteiger partial charge in [0.1, 0.15) is 18.4 Å². The Morgan fingerprint density at radius 3 is 2.13 bits per heavy atom. The number of halogens is 1. The van der Waals surface area contributed by atoms with Crippen molar-refractivity contribution in [2.24, 2.45) is 0 Å². The molecule has 5 nitrogen and oxygen atoms in total.